The number of hydrogen-bond donors (Lipinski definition) is 0. The molecule has 1 rings (SSSR count). The Morgan fingerprint density at radius 1 is 1.71 bits per heavy atom. The van der Waals surface area contributed by atoms with Gasteiger partial charge in [0.1, 0.15) is 0 Å². The third-order valence-electron chi connectivity index (χ3n) is 1.18. The largest absolute Gasteiger partial charge is 0.459 e. The lowest BCUT2D eigenvalue weighted by Crippen LogP contribution is -2.04. The number of carbonyl (C=O) groups is 1. The van der Waals surface area contributed by atoms with Crippen molar-refractivity contribution < 1.29 is 13.9 Å². The molecule has 0 aliphatic rings. The van der Waals surface area contributed by atoms with Crippen molar-refractivity contribution in [1.29, 1.82) is 0 Å². The average molecular weight is 214 g/mol. The minimum absolute atomic E-state index is 0.113. The van der Waals surface area contributed by atoms with E-state index in [1.54, 1.807) is 13.0 Å². The minimum atomic E-state index is -0.592. The molecule has 0 aromatic carbocycles. The first-order chi connectivity index (χ1) is 6.77. The molecule has 0 amide bonds. The zero-order valence-corrected chi connectivity index (χ0v) is 8.54. The maximum Gasteiger partial charge on any atom is 0.396 e. The van der Waals surface area contributed by atoms with Crippen LogP contribution in [0.15, 0.2) is 22.3 Å². The van der Waals surface area contributed by atoms with Crippen molar-refractivity contribution >= 4 is 17.7 Å². The van der Waals surface area contributed by atoms with E-state index in [0.29, 0.717) is 11.0 Å². The zero-order chi connectivity index (χ0) is 10.4. The molecule has 0 atom stereocenters. The van der Waals surface area contributed by atoms with Crippen molar-refractivity contribution in [3.05, 3.63) is 18.5 Å². The number of esters is 1. The molecule has 5 nitrogen and oxygen atoms in total. The minimum Gasteiger partial charge on any atom is -0.459 e. The second kappa shape index (κ2) is 5.43. The number of rotatable bonds is 5. The van der Waals surface area contributed by atoms with Gasteiger partial charge in [-0.2, -0.15) is 0 Å². The van der Waals surface area contributed by atoms with Gasteiger partial charge in [0.2, 0.25) is 0 Å². The van der Waals surface area contributed by atoms with E-state index in [9.17, 15) is 4.79 Å². The third kappa shape index (κ3) is 2.88. The topological polar surface area (TPSA) is 65.2 Å². The number of nitrogens with zero attached hydrogens (tertiary/aromatic N) is 2. The van der Waals surface area contributed by atoms with Gasteiger partial charge in [0, 0.05) is 5.75 Å². The molecule has 0 aliphatic carbocycles. The monoisotopic (exact) mass is 214 g/mol. The number of hydrogen-bond acceptors (Lipinski definition) is 6. The van der Waals surface area contributed by atoms with Crippen LogP contribution in [0.2, 0.25) is 0 Å². The third-order valence-corrected chi connectivity index (χ3v) is 2.00. The summed E-state index contributed by atoms with van der Waals surface area (Å²) in [6.07, 6.45) is 1.71. The van der Waals surface area contributed by atoms with Crippen LogP contribution in [0.1, 0.15) is 17.6 Å². The van der Waals surface area contributed by atoms with Crippen LogP contribution < -0.4 is 0 Å². The maximum absolute atomic E-state index is 11.1. The van der Waals surface area contributed by atoms with E-state index in [1.807, 2.05) is 0 Å². The lowest BCUT2D eigenvalue weighted by atomic mass is 10.7. The van der Waals surface area contributed by atoms with Crippen molar-refractivity contribution in [2.45, 2.75) is 12.1 Å². The zero-order valence-electron chi connectivity index (χ0n) is 7.73. The van der Waals surface area contributed by atoms with Gasteiger partial charge in [-0.3, -0.25) is 0 Å². The van der Waals surface area contributed by atoms with E-state index in [-0.39, 0.29) is 12.5 Å². The Labute approximate surface area is 85.5 Å². The van der Waals surface area contributed by atoms with Crippen molar-refractivity contribution in [1.82, 2.24) is 10.2 Å². The fraction of sp³-hybridized carbons (Fsp3) is 0.375. The van der Waals surface area contributed by atoms with Gasteiger partial charge in [-0.05, 0) is 6.92 Å². The molecule has 0 saturated carbocycles. The molecular weight excluding hydrogens is 204 g/mol. The van der Waals surface area contributed by atoms with E-state index < -0.39 is 5.97 Å². The van der Waals surface area contributed by atoms with E-state index in [1.165, 1.54) is 11.8 Å². The Morgan fingerprint density at radius 2 is 2.50 bits per heavy atom. The molecule has 6 heteroatoms. The van der Waals surface area contributed by atoms with Crippen LogP contribution in [0, 0.1) is 0 Å². The summed E-state index contributed by atoms with van der Waals surface area (Å²) in [7, 11) is 0. The second-order valence-electron chi connectivity index (χ2n) is 2.19. The summed E-state index contributed by atoms with van der Waals surface area (Å²) in [4.78, 5) is 11.1. The second-order valence-corrected chi connectivity index (χ2v) is 3.16. The molecule has 14 heavy (non-hydrogen) atoms. The van der Waals surface area contributed by atoms with Crippen LogP contribution in [0.3, 0.4) is 0 Å². The van der Waals surface area contributed by atoms with Crippen molar-refractivity contribution in [3.8, 4) is 0 Å². The molecule has 0 fully saturated rings. The summed E-state index contributed by atoms with van der Waals surface area (Å²) in [5.74, 6) is -0.0476. The summed E-state index contributed by atoms with van der Waals surface area (Å²) in [6.45, 7) is 5.54. The molecule has 0 N–H and O–H groups in total. The number of ether oxygens (including phenoxy) is 1. The number of aromatic nitrogens is 2. The summed E-state index contributed by atoms with van der Waals surface area (Å²) >= 11 is 1.31. The summed E-state index contributed by atoms with van der Waals surface area (Å²) < 4.78 is 9.70. The molecule has 0 spiro atoms. The molecule has 0 aliphatic heterocycles. The Balaban J connectivity index is 2.58. The van der Waals surface area contributed by atoms with E-state index >= 15 is 0 Å². The smallest absolute Gasteiger partial charge is 0.396 e. The Kier molecular flexibility index (Phi) is 4.18. The van der Waals surface area contributed by atoms with Crippen LogP contribution in [-0.2, 0) is 4.74 Å². The molecule has 0 bridgehead atoms. The predicted octanol–water partition coefficient (Wildman–Crippen LogP) is 1.52. The number of thioether (sulfide) groups is 1. The molecule has 0 radical (unpaired) electrons. The van der Waals surface area contributed by atoms with Crippen LogP contribution in [0.4, 0.5) is 0 Å². The molecule has 1 aromatic rings. The normalized spacial score (nSPS) is 9.79. The molecule has 0 unspecified atom stereocenters. The quantitative estimate of drug-likeness (QED) is 0.420. The van der Waals surface area contributed by atoms with Crippen LogP contribution >= 0.6 is 11.8 Å². The highest BCUT2D eigenvalue weighted by Crippen LogP contribution is 2.15. The standard InChI is InChI=1S/C8H10N2O3S/c1-3-5-14-8-10-9-6(13-8)7(11)12-4-2/h3H,1,4-5H2,2H3. The lowest BCUT2D eigenvalue weighted by molar-refractivity contribution is 0.0475. The van der Waals surface area contributed by atoms with Crippen LogP contribution in [0.5, 0.6) is 0 Å². The van der Waals surface area contributed by atoms with E-state index in [4.69, 9.17) is 4.42 Å². The SMILES string of the molecule is C=CCSc1nnc(C(=O)OCC)o1. The van der Waals surface area contributed by atoms with Gasteiger partial charge in [0.05, 0.1) is 6.61 Å². The van der Waals surface area contributed by atoms with Gasteiger partial charge >= 0.3 is 11.9 Å². The van der Waals surface area contributed by atoms with Crippen molar-refractivity contribution in [3.63, 3.8) is 0 Å². The number of carbonyl (C=O) groups excluding carboxylic acids is 1. The Morgan fingerprint density at radius 3 is 3.14 bits per heavy atom. The molecule has 0 saturated heterocycles. The van der Waals surface area contributed by atoms with Gasteiger partial charge in [0.15, 0.2) is 0 Å². The Hall–Kier alpha value is -1.30. The first-order valence-corrected chi connectivity index (χ1v) is 5.00. The molecule has 1 heterocycles. The summed E-state index contributed by atoms with van der Waals surface area (Å²) in [6, 6.07) is 0. The Bertz CT molecular complexity index is 324. The highest BCUT2D eigenvalue weighted by Gasteiger charge is 2.15. The van der Waals surface area contributed by atoms with E-state index in [0.717, 1.165) is 0 Å². The summed E-state index contributed by atoms with van der Waals surface area (Å²) in [5, 5.41) is 7.54. The van der Waals surface area contributed by atoms with Gasteiger partial charge in [-0.15, -0.1) is 11.7 Å². The van der Waals surface area contributed by atoms with Crippen LogP contribution in [-0.4, -0.2) is 28.5 Å². The highest BCUT2D eigenvalue weighted by molar-refractivity contribution is 7.99. The van der Waals surface area contributed by atoms with Crippen molar-refractivity contribution in [2.24, 2.45) is 0 Å². The lowest BCUT2D eigenvalue weighted by Gasteiger charge is -1.93. The molecular formula is C8H10N2O3S. The maximum atomic E-state index is 11.1. The fourth-order valence-electron chi connectivity index (χ4n) is 0.674. The van der Waals surface area contributed by atoms with Crippen LogP contribution in [0.25, 0.3) is 0 Å². The summed E-state index contributed by atoms with van der Waals surface area (Å²) in [5.41, 5.74) is 0. The first kappa shape index (κ1) is 10.8. The molecule has 1 aromatic heterocycles. The molecule has 76 valence electrons. The predicted molar refractivity (Wildman–Crippen MR) is 51.2 cm³/mol. The first-order valence-electron chi connectivity index (χ1n) is 4.02. The van der Waals surface area contributed by atoms with Gasteiger partial charge in [-0.1, -0.05) is 22.9 Å². The fourth-order valence-corrected chi connectivity index (χ4v) is 1.17. The highest BCUT2D eigenvalue weighted by atomic mass is 32.2. The van der Waals surface area contributed by atoms with Gasteiger partial charge < -0.3 is 9.15 Å². The van der Waals surface area contributed by atoms with E-state index in [2.05, 4.69) is 21.5 Å². The van der Waals surface area contributed by atoms with Gasteiger partial charge in [0.25, 0.3) is 5.22 Å². The van der Waals surface area contributed by atoms with Gasteiger partial charge in [-0.25, -0.2) is 4.79 Å². The average Bonchev–Trinajstić information content (AvgIpc) is 2.63. The van der Waals surface area contributed by atoms with Crippen molar-refractivity contribution in [2.75, 3.05) is 12.4 Å².